The van der Waals surface area contributed by atoms with E-state index in [1.165, 1.54) is 103 Å². The van der Waals surface area contributed by atoms with Gasteiger partial charge in [-0.3, -0.25) is 9.59 Å². The van der Waals surface area contributed by atoms with Gasteiger partial charge in [0, 0.05) is 12.8 Å². The number of rotatable bonds is 30. The molecule has 0 saturated heterocycles. The zero-order chi connectivity index (χ0) is 29.7. The molecule has 238 valence electrons. The molecule has 5 nitrogen and oxygen atoms in total. The molecule has 0 spiro atoms. The van der Waals surface area contributed by atoms with Gasteiger partial charge in [-0.1, -0.05) is 156 Å². The van der Waals surface area contributed by atoms with Gasteiger partial charge >= 0.3 is 11.9 Å². The normalized spacial score (nSPS) is 12.3. The van der Waals surface area contributed by atoms with Crippen LogP contribution in [0.5, 0.6) is 0 Å². The van der Waals surface area contributed by atoms with Crippen LogP contribution in [0.1, 0.15) is 182 Å². The first-order chi connectivity index (χ1) is 19.3. The molecule has 0 rings (SSSR count). The molecule has 1 atom stereocenters. The monoisotopic (exact) mass is 569 g/mol. The van der Waals surface area contributed by atoms with Crippen molar-refractivity contribution in [1.82, 2.24) is 0 Å². The van der Waals surface area contributed by atoms with Gasteiger partial charge in [0.1, 0.15) is 6.61 Å². The average molecular weight is 569 g/mol. The molecule has 0 aliphatic carbocycles. The quantitative estimate of drug-likeness (QED) is 0.0689. The van der Waals surface area contributed by atoms with E-state index in [-0.39, 0.29) is 25.2 Å². The zero-order valence-electron chi connectivity index (χ0n) is 27.2. The Kier molecular flexibility index (Phi) is 28.6. The smallest absolute Gasteiger partial charge is 0.306 e. The van der Waals surface area contributed by atoms with E-state index in [0.717, 1.165) is 50.4 Å². The molecule has 0 aliphatic rings. The lowest BCUT2D eigenvalue weighted by atomic mass is 10.0. The molecule has 0 aromatic heterocycles. The summed E-state index contributed by atoms with van der Waals surface area (Å²) >= 11 is 0. The maximum atomic E-state index is 12.1. The van der Waals surface area contributed by atoms with E-state index in [9.17, 15) is 14.7 Å². The SMILES string of the molecule is CC(C)CCCCCCCCCCCCCCCC(=O)OC[C@H](CO)OC(=O)CCCCCCCCCC(C)C. The van der Waals surface area contributed by atoms with Gasteiger partial charge in [0.2, 0.25) is 0 Å². The number of carbonyl (C=O) groups is 2. The van der Waals surface area contributed by atoms with Crippen LogP contribution in [0.3, 0.4) is 0 Å². The summed E-state index contributed by atoms with van der Waals surface area (Å²) < 4.78 is 10.5. The Morgan fingerprint density at radius 3 is 1.18 bits per heavy atom. The van der Waals surface area contributed by atoms with Crippen molar-refractivity contribution in [1.29, 1.82) is 0 Å². The fourth-order valence-electron chi connectivity index (χ4n) is 5.10. The summed E-state index contributed by atoms with van der Waals surface area (Å²) in [6.45, 7) is 8.78. The summed E-state index contributed by atoms with van der Waals surface area (Å²) in [5, 5.41) is 9.49. The number of hydrogen-bond acceptors (Lipinski definition) is 5. The number of unbranched alkanes of at least 4 members (excludes halogenated alkanes) is 18. The van der Waals surface area contributed by atoms with E-state index in [4.69, 9.17) is 9.47 Å². The highest BCUT2D eigenvalue weighted by Crippen LogP contribution is 2.15. The fraction of sp³-hybridized carbons (Fsp3) is 0.943. The predicted octanol–water partition coefficient (Wildman–Crippen LogP) is 10.1. The largest absolute Gasteiger partial charge is 0.462 e. The Hall–Kier alpha value is -1.10. The van der Waals surface area contributed by atoms with Crippen molar-refractivity contribution >= 4 is 11.9 Å². The molecular formula is C35H68O5. The van der Waals surface area contributed by atoms with Crippen molar-refractivity contribution in [3.05, 3.63) is 0 Å². The van der Waals surface area contributed by atoms with Gasteiger partial charge in [-0.2, -0.15) is 0 Å². The lowest BCUT2D eigenvalue weighted by molar-refractivity contribution is -0.161. The topological polar surface area (TPSA) is 72.8 Å². The molecule has 0 unspecified atom stereocenters. The molecule has 0 aromatic carbocycles. The van der Waals surface area contributed by atoms with Gasteiger partial charge in [-0.15, -0.1) is 0 Å². The molecule has 0 aromatic rings. The Morgan fingerprint density at radius 1 is 0.500 bits per heavy atom. The molecule has 40 heavy (non-hydrogen) atoms. The highest BCUT2D eigenvalue weighted by molar-refractivity contribution is 5.70. The number of aliphatic hydroxyl groups excluding tert-OH is 1. The molecule has 5 heteroatoms. The molecule has 0 heterocycles. The van der Waals surface area contributed by atoms with Crippen molar-refractivity contribution in [3.63, 3.8) is 0 Å². The average Bonchev–Trinajstić information content (AvgIpc) is 2.91. The van der Waals surface area contributed by atoms with Gasteiger partial charge in [0.25, 0.3) is 0 Å². The minimum atomic E-state index is -0.762. The second kappa shape index (κ2) is 29.4. The third-order valence-electron chi connectivity index (χ3n) is 7.76. The highest BCUT2D eigenvalue weighted by Gasteiger charge is 2.16. The fourth-order valence-corrected chi connectivity index (χ4v) is 5.10. The molecular weight excluding hydrogens is 500 g/mol. The molecule has 0 saturated carbocycles. The van der Waals surface area contributed by atoms with E-state index in [2.05, 4.69) is 27.7 Å². The Bertz CT molecular complexity index is 560. The summed E-state index contributed by atoms with van der Waals surface area (Å²) in [6, 6.07) is 0. The second-order valence-electron chi connectivity index (χ2n) is 12.9. The molecule has 0 radical (unpaired) electrons. The first-order valence-electron chi connectivity index (χ1n) is 17.3. The summed E-state index contributed by atoms with van der Waals surface area (Å²) in [5.41, 5.74) is 0. The van der Waals surface area contributed by atoms with Gasteiger partial charge in [-0.25, -0.2) is 0 Å². The van der Waals surface area contributed by atoms with Gasteiger partial charge in [-0.05, 0) is 24.7 Å². The van der Waals surface area contributed by atoms with E-state index < -0.39 is 6.10 Å². The molecule has 0 aliphatic heterocycles. The first kappa shape index (κ1) is 38.9. The summed E-state index contributed by atoms with van der Waals surface area (Å²) in [5.74, 6) is 1.05. The van der Waals surface area contributed by atoms with E-state index >= 15 is 0 Å². The van der Waals surface area contributed by atoms with Crippen molar-refractivity contribution in [2.24, 2.45) is 11.8 Å². The minimum absolute atomic E-state index is 0.0601. The molecule has 0 amide bonds. The Morgan fingerprint density at radius 2 is 0.825 bits per heavy atom. The summed E-state index contributed by atoms with van der Waals surface area (Å²) in [6.07, 6.45) is 27.4. The van der Waals surface area contributed by atoms with Crippen LogP contribution in [0.4, 0.5) is 0 Å². The van der Waals surface area contributed by atoms with Gasteiger partial charge in [0.05, 0.1) is 6.61 Å². The van der Waals surface area contributed by atoms with Crippen molar-refractivity contribution in [3.8, 4) is 0 Å². The van der Waals surface area contributed by atoms with Crippen LogP contribution in [0.15, 0.2) is 0 Å². The van der Waals surface area contributed by atoms with E-state index in [1.54, 1.807) is 0 Å². The Labute approximate surface area is 248 Å². The van der Waals surface area contributed by atoms with Crippen LogP contribution >= 0.6 is 0 Å². The number of aliphatic hydroxyl groups is 1. The number of ether oxygens (including phenoxy) is 2. The van der Waals surface area contributed by atoms with Crippen molar-refractivity contribution < 1.29 is 24.2 Å². The van der Waals surface area contributed by atoms with Crippen LogP contribution in [0, 0.1) is 11.8 Å². The maximum Gasteiger partial charge on any atom is 0.306 e. The lowest BCUT2D eigenvalue weighted by Gasteiger charge is -2.15. The number of esters is 2. The zero-order valence-corrected chi connectivity index (χ0v) is 27.2. The lowest BCUT2D eigenvalue weighted by Crippen LogP contribution is -2.28. The van der Waals surface area contributed by atoms with Crippen molar-refractivity contribution in [2.45, 2.75) is 188 Å². The van der Waals surface area contributed by atoms with E-state index in [1.807, 2.05) is 0 Å². The van der Waals surface area contributed by atoms with E-state index in [0.29, 0.717) is 12.8 Å². The standard InChI is InChI=1S/C35H68O5/c1-31(2)25-21-17-13-10-8-6-5-7-9-11-15-19-23-27-34(37)39-30-33(29-36)40-35(38)28-24-20-16-12-14-18-22-26-32(3)4/h31-33,36H,5-30H2,1-4H3/t33-/m0/s1. The van der Waals surface area contributed by atoms with Crippen molar-refractivity contribution in [2.75, 3.05) is 13.2 Å². The summed E-state index contributed by atoms with van der Waals surface area (Å²) in [7, 11) is 0. The highest BCUT2D eigenvalue weighted by atomic mass is 16.6. The molecule has 0 bridgehead atoms. The number of carbonyl (C=O) groups excluding carboxylic acids is 2. The van der Waals surface area contributed by atoms with Crippen LogP contribution in [0.25, 0.3) is 0 Å². The van der Waals surface area contributed by atoms with Crippen LogP contribution in [-0.2, 0) is 19.1 Å². The van der Waals surface area contributed by atoms with Gasteiger partial charge < -0.3 is 14.6 Å². The van der Waals surface area contributed by atoms with Crippen LogP contribution in [-0.4, -0.2) is 36.4 Å². The predicted molar refractivity (Wildman–Crippen MR) is 168 cm³/mol. The first-order valence-corrected chi connectivity index (χ1v) is 17.3. The third-order valence-corrected chi connectivity index (χ3v) is 7.76. The Balaban J connectivity index is 3.53. The molecule has 1 N–H and O–H groups in total. The van der Waals surface area contributed by atoms with Crippen LogP contribution in [0.2, 0.25) is 0 Å². The number of hydrogen-bond donors (Lipinski definition) is 1. The maximum absolute atomic E-state index is 12.1. The second-order valence-corrected chi connectivity index (χ2v) is 12.9. The third kappa shape index (κ3) is 29.9. The summed E-state index contributed by atoms with van der Waals surface area (Å²) in [4.78, 5) is 24.1. The minimum Gasteiger partial charge on any atom is -0.462 e. The van der Waals surface area contributed by atoms with Crippen LogP contribution < -0.4 is 0 Å². The molecule has 0 fully saturated rings. The van der Waals surface area contributed by atoms with Gasteiger partial charge in [0.15, 0.2) is 6.10 Å².